The molecule has 4 rings (SSSR count). The van der Waals surface area contributed by atoms with E-state index in [1.54, 1.807) is 4.88 Å². The highest BCUT2D eigenvalue weighted by atomic mass is 32.1. The lowest BCUT2D eigenvalue weighted by molar-refractivity contribution is 0.402. The summed E-state index contributed by atoms with van der Waals surface area (Å²) in [5, 5.41) is 2.23. The van der Waals surface area contributed by atoms with Gasteiger partial charge in [-0.25, -0.2) is 0 Å². The SMILES string of the molecule is NC(C1CCCc2sccc21)C1CCc2cccnc21. The summed E-state index contributed by atoms with van der Waals surface area (Å²) in [7, 11) is 0. The maximum atomic E-state index is 6.71. The number of aromatic nitrogens is 1. The molecule has 0 amide bonds. The lowest BCUT2D eigenvalue weighted by Gasteiger charge is -2.32. The van der Waals surface area contributed by atoms with Gasteiger partial charge < -0.3 is 5.73 Å². The molecule has 104 valence electrons. The van der Waals surface area contributed by atoms with Crippen LogP contribution in [0, 0.1) is 0 Å². The number of nitrogens with two attached hydrogens (primary N) is 1. The molecule has 0 saturated heterocycles. The van der Waals surface area contributed by atoms with Gasteiger partial charge in [-0.15, -0.1) is 11.3 Å². The van der Waals surface area contributed by atoms with Crippen molar-refractivity contribution >= 4 is 11.3 Å². The fourth-order valence-electron chi connectivity index (χ4n) is 4.02. The zero-order chi connectivity index (χ0) is 13.5. The maximum Gasteiger partial charge on any atom is 0.0482 e. The molecule has 0 saturated carbocycles. The molecule has 2 nitrogen and oxygen atoms in total. The summed E-state index contributed by atoms with van der Waals surface area (Å²) in [5.74, 6) is 0.977. The quantitative estimate of drug-likeness (QED) is 0.914. The molecule has 3 unspecified atom stereocenters. The average molecular weight is 284 g/mol. The average Bonchev–Trinajstić information content (AvgIpc) is 3.12. The van der Waals surface area contributed by atoms with Gasteiger partial charge in [0.05, 0.1) is 0 Å². The van der Waals surface area contributed by atoms with E-state index in [9.17, 15) is 0 Å². The van der Waals surface area contributed by atoms with Crippen molar-refractivity contribution in [2.45, 2.75) is 50.0 Å². The smallest absolute Gasteiger partial charge is 0.0482 e. The van der Waals surface area contributed by atoms with E-state index in [2.05, 4.69) is 22.5 Å². The molecule has 20 heavy (non-hydrogen) atoms. The lowest BCUT2D eigenvalue weighted by atomic mass is 9.77. The minimum atomic E-state index is 0.222. The van der Waals surface area contributed by atoms with Gasteiger partial charge >= 0.3 is 0 Å². The first-order valence-corrected chi connectivity index (χ1v) is 8.48. The molecule has 2 aromatic heterocycles. The van der Waals surface area contributed by atoms with Gasteiger partial charge in [0.15, 0.2) is 0 Å². The van der Waals surface area contributed by atoms with Crippen LogP contribution < -0.4 is 5.73 Å². The Bertz CT molecular complexity index is 619. The van der Waals surface area contributed by atoms with Gasteiger partial charge in [0.2, 0.25) is 0 Å². The Kier molecular flexibility index (Phi) is 3.12. The zero-order valence-corrected chi connectivity index (χ0v) is 12.4. The molecule has 3 heteroatoms. The Morgan fingerprint density at radius 3 is 3.10 bits per heavy atom. The van der Waals surface area contributed by atoms with E-state index < -0.39 is 0 Å². The van der Waals surface area contributed by atoms with Crippen LogP contribution in [0.5, 0.6) is 0 Å². The van der Waals surface area contributed by atoms with Crippen LogP contribution in [0.15, 0.2) is 29.8 Å². The minimum absolute atomic E-state index is 0.222. The summed E-state index contributed by atoms with van der Waals surface area (Å²) in [4.78, 5) is 6.19. The number of fused-ring (bicyclic) bond motifs is 2. The van der Waals surface area contributed by atoms with E-state index in [0.717, 1.165) is 6.42 Å². The van der Waals surface area contributed by atoms with E-state index >= 15 is 0 Å². The van der Waals surface area contributed by atoms with Gasteiger partial charge in [-0.3, -0.25) is 4.98 Å². The maximum absolute atomic E-state index is 6.71. The molecule has 0 radical (unpaired) electrons. The van der Waals surface area contributed by atoms with Crippen LogP contribution >= 0.6 is 11.3 Å². The van der Waals surface area contributed by atoms with Crippen LogP contribution in [0.4, 0.5) is 0 Å². The van der Waals surface area contributed by atoms with Crippen molar-refractivity contribution in [3.63, 3.8) is 0 Å². The van der Waals surface area contributed by atoms with E-state index in [1.807, 2.05) is 23.6 Å². The number of nitrogens with zero attached hydrogens (tertiary/aromatic N) is 1. The van der Waals surface area contributed by atoms with Crippen molar-refractivity contribution in [2.75, 3.05) is 0 Å². The third kappa shape index (κ3) is 1.92. The Labute approximate surface area is 124 Å². The first-order chi connectivity index (χ1) is 9.84. The number of aryl methyl sites for hydroxylation is 2. The Morgan fingerprint density at radius 1 is 1.20 bits per heavy atom. The van der Waals surface area contributed by atoms with Crippen LogP contribution in [0.2, 0.25) is 0 Å². The molecule has 0 aromatic carbocycles. The van der Waals surface area contributed by atoms with E-state index in [4.69, 9.17) is 5.73 Å². The molecule has 0 bridgehead atoms. The van der Waals surface area contributed by atoms with Crippen LogP contribution in [-0.2, 0) is 12.8 Å². The van der Waals surface area contributed by atoms with Gasteiger partial charge in [-0.2, -0.15) is 0 Å². The highest BCUT2D eigenvalue weighted by Gasteiger charge is 2.36. The molecule has 2 heterocycles. The first-order valence-electron chi connectivity index (χ1n) is 7.60. The van der Waals surface area contributed by atoms with Crippen molar-refractivity contribution < 1.29 is 0 Å². The summed E-state index contributed by atoms with van der Waals surface area (Å²) in [6.45, 7) is 0. The Balaban J connectivity index is 1.65. The van der Waals surface area contributed by atoms with Crippen LogP contribution in [-0.4, -0.2) is 11.0 Å². The first kappa shape index (κ1) is 12.5. The highest BCUT2D eigenvalue weighted by Crippen LogP contribution is 2.43. The lowest BCUT2D eigenvalue weighted by Crippen LogP contribution is -2.35. The number of hydrogen-bond acceptors (Lipinski definition) is 3. The fourth-order valence-corrected chi connectivity index (χ4v) is 5.02. The normalized spacial score (nSPS) is 26.1. The van der Waals surface area contributed by atoms with E-state index in [1.165, 1.54) is 42.5 Å². The summed E-state index contributed by atoms with van der Waals surface area (Å²) in [6, 6.07) is 6.79. The van der Waals surface area contributed by atoms with E-state index in [0.29, 0.717) is 11.8 Å². The molecule has 2 N–H and O–H groups in total. The summed E-state index contributed by atoms with van der Waals surface area (Å²) >= 11 is 1.90. The van der Waals surface area contributed by atoms with Crippen LogP contribution in [0.3, 0.4) is 0 Å². The number of hydrogen-bond donors (Lipinski definition) is 1. The molecule has 2 aromatic rings. The second-order valence-electron chi connectivity index (χ2n) is 6.07. The molecule has 0 fully saturated rings. The van der Waals surface area contributed by atoms with Crippen LogP contribution in [0.25, 0.3) is 0 Å². The number of rotatable bonds is 2. The van der Waals surface area contributed by atoms with Crippen molar-refractivity contribution in [1.29, 1.82) is 0 Å². The zero-order valence-electron chi connectivity index (χ0n) is 11.6. The summed E-state index contributed by atoms with van der Waals surface area (Å²) in [5.41, 5.74) is 10.9. The molecular formula is C17H20N2S. The third-order valence-electron chi connectivity index (χ3n) is 5.03. The largest absolute Gasteiger partial charge is 0.327 e. The predicted octanol–water partition coefficient (Wildman–Crippen LogP) is 3.62. The summed E-state index contributed by atoms with van der Waals surface area (Å²) in [6.07, 6.45) is 8.00. The standard InChI is InChI=1S/C17H20N2S/c18-16(13-4-1-5-15-12(13)8-10-20-15)14-7-6-11-3-2-9-19-17(11)14/h2-3,8-10,13-14,16H,1,4-7,18H2. The monoisotopic (exact) mass is 284 g/mol. The molecule has 2 aliphatic carbocycles. The van der Waals surface area contributed by atoms with Crippen LogP contribution in [0.1, 0.15) is 52.8 Å². The fraction of sp³-hybridized carbons (Fsp3) is 0.471. The summed E-state index contributed by atoms with van der Waals surface area (Å²) < 4.78 is 0. The number of pyridine rings is 1. The molecule has 0 aliphatic heterocycles. The predicted molar refractivity (Wildman–Crippen MR) is 83.3 cm³/mol. The van der Waals surface area contributed by atoms with Crippen molar-refractivity contribution in [3.05, 3.63) is 51.5 Å². The van der Waals surface area contributed by atoms with Gasteiger partial charge in [-0.1, -0.05) is 6.07 Å². The van der Waals surface area contributed by atoms with Gasteiger partial charge in [0, 0.05) is 34.6 Å². The molecule has 3 atom stereocenters. The second-order valence-corrected chi connectivity index (χ2v) is 7.07. The minimum Gasteiger partial charge on any atom is -0.327 e. The Morgan fingerprint density at radius 2 is 2.15 bits per heavy atom. The van der Waals surface area contributed by atoms with Gasteiger partial charge in [0.25, 0.3) is 0 Å². The molecular weight excluding hydrogens is 264 g/mol. The molecule has 2 aliphatic rings. The third-order valence-corrected chi connectivity index (χ3v) is 6.03. The topological polar surface area (TPSA) is 38.9 Å². The van der Waals surface area contributed by atoms with E-state index in [-0.39, 0.29) is 6.04 Å². The molecule has 0 spiro atoms. The van der Waals surface area contributed by atoms with Crippen molar-refractivity contribution in [2.24, 2.45) is 5.73 Å². The van der Waals surface area contributed by atoms with Crippen molar-refractivity contribution in [1.82, 2.24) is 4.98 Å². The van der Waals surface area contributed by atoms with Gasteiger partial charge in [-0.05, 0) is 60.7 Å². The number of thiophene rings is 1. The Hall–Kier alpha value is -1.19. The van der Waals surface area contributed by atoms with Gasteiger partial charge in [0.1, 0.15) is 0 Å². The highest BCUT2D eigenvalue weighted by molar-refractivity contribution is 7.10. The van der Waals surface area contributed by atoms with Crippen molar-refractivity contribution in [3.8, 4) is 0 Å². The second kappa shape index (κ2) is 4.97.